The van der Waals surface area contributed by atoms with E-state index in [4.69, 9.17) is 9.47 Å². The number of fused-ring (bicyclic) bond motifs is 2. The topological polar surface area (TPSA) is 85.1 Å². The SMILES string of the molecule is Cc1nc2ccccn2c1C(=O)NCCC(O)c1ccc2c(c1)OCO2. The fraction of sp³-hybridized carbons (Fsp3) is 0.263. The van der Waals surface area contributed by atoms with Crippen molar-refractivity contribution >= 4 is 11.6 Å². The van der Waals surface area contributed by atoms with Crippen LogP contribution in [0.5, 0.6) is 11.5 Å². The van der Waals surface area contributed by atoms with Gasteiger partial charge in [0.05, 0.1) is 11.8 Å². The van der Waals surface area contributed by atoms with Crippen molar-refractivity contribution in [3.63, 3.8) is 0 Å². The lowest BCUT2D eigenvalue weighted by Gasteiger charge is -2.12. The summed E-state index contributed by atoms with van der Waals surface area (Å²) in [6, 6.07) is 10.9. The summed E-state index contributed by atoms with van der Waals surface area (Å²) in [5.41, 5.74) is 2.65. The molecule has 26 heavy (non-hydrogen) atoms. The van der Waals surface area contributed by atoms with Gasteiger partial charge in [-0.25, -0.2) is 4.98 Å². The van der Waals surface area contributed by atoms with E-state index >= 15 is 0 Å². The highest BCUT2D eigenvalue weighted by Crippen LogP contribution is 2.34. The Kier molecular flexibility index (Phi) is 4.22. The zero-order valence-electron chi connectivity index (χ0n) is 14.3. The quantitative estimate of drug-likeness (QED) is 0.735. The van der Waals surface area contributed by atoms with Crippen molar-refractivity contribution in [2.24, 2.45) is 0 Å². The van der Waals surface area contributed by atoms with Crippen LogP contribution in [0, 0.1) is 6.92 Å². The summed E-state index contributed by atoms with van der Waals surface area (Å²) in [4.78, 5) is 16.9. The third kappa shape index (κ3) is 2.97. The molecule has 1 aliphatic heterocycles. The first kappa shape index (κ1) is 16.4. The van der Waals surface area contributed by atoms with E-state index in [0.29, 0.717) is 35.9 Å². The van der Waals surface area contributed by atoms with E-state index in [0.717, 1.165) is 11.2 Å². The van der Waals surface area contributed by atoms with Gasteiger partial charge in [0.1, 0.15) is 11.3 Å². The van der Waals surface area contributed by atoms with Crippen LogP contribution in [0.4, 0.5) is 0 Å². The van der Waals surface area contributed by atoms with Crippen LogP contribution in [-0.2, 0) is 0 Å². The van der Waals surface area contributed by atoms with Crippen LogP contribution in [0.1, 0.15) is 34.3 Å². The molecule has 3 aromatic rings. The normalized spacial score (nSPS) is 13.8. The molecule has 3 heterocycles. The fourth-order valence-corrected chi connectivity index (χ4v) is 3.08. The summed E-state index contributed by atoms with van der Waals surface area (Å²) in [6.07, 6.45) is 1.50. The van der Waals surface area contributed by atoms with Gasteiger partial charge in [0.25, 0.3) is 5.91 Å². The number of imidazole rings is 1. The molecule has 0 bridgehead atoms. The second kappa shape index (κ2) is 6.68. The summed E-state index contributed by atoms with van der Waals surface area (Å²) in [6.45, 7) is 2.35. The number of aliphatic hydroxyl groups is 1. The van der Waals surface area contributed by atoms with E-state index in [-0.39, 0.29) is 12.7 Å². The molecule has 4 rings (SSSR count). The van der Waals surface area contributed by atoms with Crippen molar-refractivity contribution in [3.05, 3.63) is 59.5 Å². The number of carbonyl (C=O) groups is 1. The van der Waals surface area contributed by atoms with Crippen LogP contribution >= 0.6 is 0 Å². The number of nitrogens with zero attached hydrogens (tertiary/aromatic N) is 2. The first-order valence-corrected chi connectivity index (χ1v) is 8.43. The zero-order chi connectivity index (χ0) is 18.1. The van der Waals surface area contributed by atoms with E-state index in [1.54, 1.807) is 22.6 Å². The highest BCUT2D eigenvalue weighted by molar-refractivity contribution is 5.94. The molecule has 0 aliphatic carbocycles. The van der Waals surface area contributed by atoms with Gasteiger partial charge < -0.3 is 19.9 Å². The van der Waals surface area contributed by atoms with Crippen LogP contribution in [0.3, 0.4) is 0 Å². The number of nitrogens with one attached hydrogen (secondary N) is 1. The van der Waals surface area contributed by atoms with Gasteiger partial charge in [0.2, 0.25) is 6.79 Å². The minimum atomic E-state index is -0.701. The lowest BCUT2D eigenvalue weighted by Crippen LogP contribution is -2.27. The third-order valence-corrected chi connectivity index (χ3v) is 4.40. The third-order valence-electron chi connectivity index (χ3n) is 4.40. The molecular formula is C19H19N3O4. The summed E-state index contributed by atoms with van der Waals surface area (Å²) in [7, 11) is 0. The molecule has 0 saturated heterocycles. The minimum Gasteiger partial charge on any atom is -0.454 e. The van der Waals surface area contributed by atoms with E-state index in [9.17, 15) is 9.90 Å². The second-order valence-electron chi connectivity index (χ2n) is 6.15. The summed E-state index contributed by atoms with van der Waals surface area (Å²) in [5.74, 6) is 1.10. The minimum absolute atomic E-state index is 0.198. The Hall–Kier alpha value is -3.06. The summed E-state index contributed by atoms with van der Waals surface area (Å²) >= 11 is 0. The zero-order valence-corrected chi connectivity index (χ0v) is 14.3. The van der Waals surface area contributed by atoms with Crippen molar-refractivity contribution in [3.8, 4) is 11.5 Å². The Balaban J connectivity index is 1.39. The van der Waals surface area contributed by atoms with E-state index < -0.39 is 6.10 Å². The molecule has 1 atom stereocenters. The number of benzene rings is 1. The Bertz CT molecular complexity index is 967. The number of aliphatic hydroxyl groups excluding tert-OH is 1. The van der Waals surface area contributed by atoms with Gasteiger partial charge in [-0.3, -0.25) is 9.20 Å². The van der Waals surface area contributed by atoms with Crippen LogP contribution in [-0.4, -0.2) is 33.7 Å². The molecule has 1 amide bonds. The van der Waals surface area contributed by atoms with E-state index in [1.807, 2.05) is 31.3 Å². The standard InChI is InChI=1S/C19H19N3O4/c1-12-18(22-9-3-2-4-17(22)21-12)19(24)20-8-7-14(23)13-5-6-15-16(10-13)26-11-25-15/h2-6,9-10,14,23H,7-8,11H2,1H3,(H,20,24). The predicted molar refractivity (Wildman–Crippen MR) is 94.4 cm³/mol. The molecule has 1 aromatic carbocycles. The molecule has 0 saturated carbocycles. The maximum atomic E-state index is 12.5. The number of aromatic nitrogens is 2. The van der Waals surface area contributed by atoms with Gasteiger partial charge in [0.15, 0.2) is 11.5 Å². The number of amides is 1. The first-order valence-electron chi connectivity index (χ1n) is 8.43. The smallest absolute Gasteiger partial charge is 0.270 e. The van der Waals surface area contributed by atoms with Crippen molar-refractivity contribution < 1.29 is 19.4 Å². The number of pyridine rings is 1. The number of aryl methyl sites for hydroxylation is 1. The number of rotatable bonds is 5. The average molecular weight is 353 g/mol. The van der Waals surface area contributed by atoms with Crippen LogP contribution < -0.4 is 14.8 Å². The predicted octanol–water partition coefficient (Wildman–Crippen LogP) is 2.22. The maximum absolute atomic E-state index is 12.5. The number of hydrogen-bond acceptors (Lipinski definition) is 5. The molecule has 1 aliphatic rings. The Morgan fingerprint density at radius 3 is 3.04 bits per heavy atom. The first-order chi connectivity index (χ1) is 12.6. The Morgan fingerprint density at radius 1 is 1.31 bits per heavy atom. The number of ether oxygens (including phenoxy) is 2. The van der Waals surface area contributed by atoms with Crippen LogP contribution in [0.15, 0.2) is 42.6 Å². The van der Waals surface area contributed by atoms with E-state index in [2.05, 4.69) is 10.3 Å². The molecule has 2 N–H and O–H groups in total. The number of hydrogen-bond donors (Lipinski definition) is 2. The van der Waals surface area contributed by atoms with Crippen LogP contribution in [0.25, 0.3) is 5.65 Å². The van der Waals surface area contributed by atoms with Gasteiger partial charge >= 0.3 is 0 Å². The lowest BCUT2D eigenvalue weighted by atomic mass is 10.1. The van der Waals surface area contributed by atoms with Crippen molar-refractivity contribution in [1.29, 1.82) is 0 Å². The largest absolute Gasteiger partial charge is 0.454 e. The molecule has 0 spiro atoms. The van der Waals surface area contributed by atoms with Gasteiger partial charge in [0, 0.05) is 12.7 Å². The molecular weight excluding hydrogens is 334 g/mol. The monoisotopic (exact) mass is 353 g/mol. The molecule has 7 heteroatoms. The highest BCUT2D eigenvalue weighted by Gasteiger charge is 2.18. The number of carbonyl (C=O) groups excluding carboxylic acids is 1. The van der Waals surface area contributed by atoms with Gasteiger partial charge in [-0.15, -0.1) is 0 Å². The Morgan fingerprint density at radius 2 is 2.15 bits per heavy atom. The molecule has 1 unspecified atom stereocenters. The van der Waals surface area contributed by atoms with Gasteiger partial charge in [-0.1, -0.05) is 12.1 Å². The molecule has 0 radical (unpaired) electrons. The highest BCUT2D eigenvalue weighted by atomic mass is 16.7. The molecule has 2 aromatic heterocycles. The fourth-order valence-electron chi connectivity index (χ4n) is 3.08. The molecule has 134 valence electrons. The molecule has 0 fully saturated rings. The van der Waals surface area contributed by atoms with Crippen LogP contribution in [0.2, 0.25) is 0 Å². The van der Waals surface area contributed by atoms with Crippen molar-refractivity contribution in [2.45, 2.75) is 19.4 Å². The summed E-state index contributed by atoms with van der Waals surface area (Å²) in [5, 5.41) is 13.2. The van der Waals surface area contributed by atoms with Gasteiger partial charge in [-0.2, -0.15) is 0 Å². The lowest BCUT2D eigenvalue weighted by molar-refractivity contribution is 0.0936. The van der Waals surface area contributed by atoms with Crippen molar-refractivity contribution in [1.82, 2.24) is 14.7 Å². The average Bonchev–Trinajstić information content (AvgIpc) is 3.23. The van der Waals surface area contributed by atoms with E-state index in [1.165, 1.54) is 0 Å². The maximum Gasteiger partial charge on any atom is 0.270 e. The summed E-state index contributed by atoms with van der Waals surface area (Å²) < 4.78 is 12.3. The van der Waals surface area contributed by atoms with Crippen molar-refractivity contribution in [2.75, 3.05) is 13.3 Å². The second-order valence-corrected chi connectivity index (χ2v) is 6.15. The Labute approximate surface area is 150 Å². The molecule has 7 nitrogen and oxygen atoms in total. The van der Waals surface area contributed by atoms with Gasteiger partial charge in [-0.05, 0) is 43.2 Å².